The lowest BCUT2D eigenvalue weighted by atomic mass is 9.96. The predicted molar refractivity (Wildman–Crippen MR) is 181 cm³/mol. The van der Waals surface area contributed by atoms with Crippen LogP contribution in [0.2, 0.25) is 0 Å². The number of methoxy groups -OCH3 is 1. The summed E-state index contributed by atoms with van der Waals surface area (Å²) >= 11 is 1.44. The van der Waals surface area contributed by atoms with Crippen LogP contribution in [-0.4, -0.2) is 57.0 Å². The average molecular weight is 654 g/mol. The molecule has 8 nitrogen and oxygen atoms in total. The number of halogens is 2. The van der Waals surface area contributed by atoms with Gasteiger partial charge in [0, 0.05) is 71.1 Å². The Bertz CT molecular complexity index is 2180. The van der Waals surface area contributed by atoms with Gasteiger partial charge in [0.25, 0.3) is 0 Å². The smallest absolute Gasteiger partial charge is 0.246 e. The topological polar surface area (TPSA) is 74.4 Å². The molecule has 1 aliphatic heterocycles. The Morgan fingerprint density at radius 1 is 1.09 bits per heavy atom. The molecule has 2 aromatic carbocycles. The molecule has 0 saturated heterocycles. The van der Waals surface area contributed by atoms with E-state index >= 15 is 4.39 Å². The van der Waals surface area contributed by atoms with E-state index < -0.39 is 11.6 Å². The number of fused-ring (bicyclic) bond motifs is 3. The zero-order valence-electron chi connectivity index (χ0n) is 26.5. The Morgan fingerprint density at radius 3 is 2.70 bits per heavy atom. The van der Waals surface area contributed by atoms with E-state index in [0.717, 1.165) is 38.3 Å². The second-order valence-corrected chi connectivity index (χ2v) is 12.7. The minimum Gasteiger partial charge on any atom is -0.490 e. The highest BCUT2D eigenvalue weighted by Gasteiger charge is 2.34. The first-order valence-corrected chi connectivity index (χ1v) is 16.2. The van der Waals surface area contributed by atoms with Crippen molar-refractivity contribution in [2.45, 2.75) is 25.9 Å². The molecule has 0 saturated carbocycles. The normalized spacial score (nSPS) is 16.2. The highest BCUT2D eigenvalue weighted by atomic mass is 32.1. The van der Waals surface area contributed by atoms with Crippen molar-refractivity contribution in [3.8, 4) is 39.5 Å². The van der Waals surface area contributed by atoms with E-state index in [1.54, 1.807) is 4.90 Å². The number of amides is 1. The molecule has 1 amide bonds. The first kappa shape index (κ1) is 30.8. The number of carbonyl (C=O) groups is 1. The molecule has 0 unspecified atom stereocenters. The van der Waals surface area contributed by atoms with Crippen LogP contribution in [0.5, 0.6) is 5.75 Å². The lowest BCUT2D eigenvalue weighted by Crippen LogP contribution is -2.42. The molecule has 11 heteroatoms. The van der Waals surface area contributed by atoms with Crippen LogP contribution in [0.3, 0.4) is 0 Å². The van der Waals surface area contributed by atoms with Crippen molar-refractivity contribution in [3.05, 3.63) is 90.1 Å². The SMILES string of the molecule is C=CC(=O)N1C[C@H](C)n2nc(-c3nc(-c4ccc5c(ccn5C)c4)c4ccsc4c3-c3c(F)cc(F)cc3OCCOC)cc2[C@H]1C. The highest BCUT2D eigenvalue weighted by molar-refractivity contribution is 7.18. The second-order valence-electron chi connectivity index (χ2n) is 11.8. The van der Waals surface area contributed by atoms with Gasteiger partial charge in [0.15, 0.2) is 0 Å². The molecule has 7 rings (SSSR count). The molecule has 1 aliphatic rings. The van der Waals surface area contributed by atoms with Crippen LogP contribution >= 0.6 is 11.3 Å². The van der Waals surface area contributed by atoms with Gasteiger partial charge in [-0.25, -0.2) is 13.8 Å². The van der Waals surface area contributed by atoms with Crippen molar-refractivity contribution in [3.63, 3.8) is 0 Å². The molecule has 240 valence electrons. The number of carbonyl (C=O) groups excluding carboxylic acids is 1. The van der Waals surface area contributed by atoms with Gasteiger partial charge >= 0.3 is 0 Å². The lowest BCUT2D eigenvalue weighted by Gasteiger charge is -2.36. The Hall–Kier alpha value is -4.87. The van der Waals surface area contributed by atoms with E-state index in [2.05, 4.69) is 29.3 Å². The Labute approximate surface area is 274 Å². The average Bonchev–Trinajstić information content (AvgIpc) is 3.81. The number of pyridine rings is 1. The van der Waals surface area contributed by atoms with Gasteiger partial charge < -0.3 is 18.9 Å². The third-order valence-corrected chi connectivity index (χ3v) is 9.75. The van der Waals surface area contributed by atoms with Crippen molar-refractivity contribution < 1.29 is 23.0 Å². The maximum absolute atomic E-state index is 16.1. The van der Waals surface area contributed by atoms with Gasteiger partial charge in [-0.15, -0.1) is 11.3 Å². The van der Waals surface area contributed by atoms with Crippen LogP contribution in [0.4, 0.5) is 8.78 Å². The van der Waals surface area contributed by atoms with Crippen molar-refractivity contribution in [2.75, 3.05) is 26.9 Å². The van der Waals surface area contributed by atoms with Gasteiger partial charge in [0.05, 0.1) is 35.6 Å². The summed E-state index contributed by atoms with van der Waals surface area (Å²) in [4.78, 5) is 19.8. The van der Waals surface area contributed by atoms with Gasteiger partial charge in [-0.05, 0) is 55.6 Å². The largest absolute Gasteiger partial charge is 0.490 e. The van der Waals surface area contributed by atoms with Crippen LogP contribution in [0.25, 0.3) is 54.8 Å². The van der Waals surface area contributed by atoms with Crippen molar-refractivity contribution in [2.24, 2.45) is 7.05 Å². The number of aryl methyl sites for hydroxylation is 1. The fraction of sp³-hybridized carbons (Fsp3) is 0.250. The minimum absolute atomic E-state index is 0.0456. The second kappa shape index (κ2) is 12.1. The van der Waals surface area contributed by atoms with Crippen molar-refractivity contribution in [1.29, 1.82) is 0 Å². The Balaban J connectivity index is 1.52. The van der Waals surface area contributed by atoms with E-state index in [-0.39, 0.29) is 42.5 Å². The molecule has 0 radical (unpaired) electrons. The summed E-state index contributed by atoms with van der Waals surface area (Å²) in [5.41, 5.74) is 4.99. The highest BCUT2D eigenvalue weighted by Crippen LogP contribution is 2.48. The third kappa shape index (κ3) is 5.19. The number of hydrogen-bond acceptors (Lipinski definition) is 6. The molecular weight excluding hydrogens is 620 g/mol. The maximum Gasteiger partial charge on any atom is 0.246 e. The van der Waals surface area contributed by atoms with Crippen LogP contribution < -0.4 is 4.74 Å². The first-order chi connectivity index (χ1) is 22.7. The molecule has 0 bridgehead atoms. The number of hydrogen-bond donors (Lipinski definition) is 0. The van der Waals surface area contributed by atoms with Crippen molar-refractivity contribution in [1.82, 2.24) is 24.2 Å². The zero-order valence-corrected chi connectivity index (χ0v) is 27.3. The Morgan fingerprint density at radius 2 is 1.91 bits per heavy atom. The molecule has 0 spiro atoms. The zero-order chi connectivity index (χ0) is 33.0. The van der Waals surface area contributed by atoms with Crippen LogP contribution in [0.1, 0.15) is 31.6 Å². The lowest BCUT2D eigenvalue weighted by molar-refractivity contribution is -0.129. The summed E-state index contributed by atoms with van der Waals surface area (Å²) in [6.45, 7) is 8.41. The maximum atomic E-state index is 16.1. The molecule has 5 heterocycles. The van der Waals surface area contributed by atoms with Crippen molar-refractivity contribution >= 4 is 38.2 Å². The number of rotatable bonds is 8. The van der Waals surface area contributed by atoms with E-state index in [1.165, 1.54) is 30.6 Å². The summed E-state index contributed by atoms with van der Waals surface area (Å²) in [5, 5.41) is 8.85. The van der Waals surface area contributed by atoms with E-state index in [4.69, 9.17) is 19.6 Å². The van der Waals surface area contributed by atoms with Crippen LogP contribution in [-0.2, 0) is 16.6 Å². The van der Waals surface area contributed by atoms with Crippen LogP contribution in [0.15, 0.2) is 72.8 Å². The summed E-state index contributed by atoms with van der Waals surface area (Å²) in [7, 11) is 3.53. The third-order valence-electron chi connectivity index (χ3n) is 8.82. The molecule has 0 fully saturated rings. The molecule has 47 heavy (non-hydrogen) atoms. The number of benzene rings is 2. The van der Waals surface area contributed by atoms with Gasteiger partial charge in [0.2, 0.25) is 5.91 Å². The number of nitrogens with zero attached hydrogens (tertiary/aromatic N) is 5. The van der Waals surface area contributed by atoms with E-state index in [9.17, 15) is 9.18 Å². The first-order valence-electron chi connectivity index (χ1n) is 15.3. The van der Waals surface area contributed by atoms with Crippen LogP contribution in [0, 0.1) is 11.6 Å². The van der Waals surface area contributed by atoms with Gasteiger partial charge in [-0.3, -0.25) is 9.48 Å². The molecule has 0 aliphatic carbocycles. The Kier molecular flexibility index (Phi) is 7.89. The molecule has 4 aromatic heterocycles. The molecular formula is C36H33F2N5O3S. The molecule has 2 atom stereocenters. The van der Waals surface area contributed by atoms with E-state index in [0.29, 0.717) is 29.2 Å². The number of thiophene rings is 1. The predicted octanol–water partition coefficient (Wildman–Crippen LogP) is 7.94. The van der Waals surface area contributed by atoms with Gasteiger partial charge in [-0.1, -0.05) is 12.6 Å². The quantitative estimate of drug-likeness (QED) is 0.123. The number of ether oxygens (including phenoxy) is 2. The summed E-state index contributed by atoms with van der Waals surface area (Å²) in [6.07, 6.45) is 3.33. The molecule has 6 aromatic rings. The standard InChI is InChI=1S/C36H33F2N5O3S/c1-6-31(44)42-19-20(2)43-29(21(42)3)18-27(40-43)35-33(32-26(38)16-24(37)17-30(32)46-13-12-45-5)36-25(10-14-47-36)34(39-35)23-7-8-28-22(15-23)9-11-41(28)4/h6-11,14-18,20-21H,1,12-13,19H2,2-5H3/t20-,21+/m0/s1. The summed E-state index contributed by atoms with van der Waals surface area (Å²) < 4.78 is 46.6. The minimum atomic E-state index is -0.776. The monoisotopic (exact) mass is 653 g/mol. The van der Waals surface area contributed by atoms with Gasteiger partial charge in [-0.2, -0.15) is 5.10 Å². The number of aromatic nitrogens is 4. The van der Waals surface area contributed by atoms with Gasteiger partial charge in [0.1, 0.15) is 35.4 Å². The molecule has 0 N–H and O–H groups in total. The summed E-state index contributed by atoms with van der Waals surface area (Å²) in [5.74, 6) is -1.65. The van der Waals surface area contributed by atoms with E-state index in [1.807, 2.05) is 55.4 Å². The fourth-order valence-corrected chi connectivity index (χ4v) is 7.45. The summed E-state index contributed by atoms with van der Waals surface area (Å²) in [6, 6.07) is 13.7. The fourth-order valence-electron chi connectivity index (χ4n) is 6.50.